The summed E-state index contributed by atoms with van der Waals surface area (Å²) in [7, 11) is -4.77. The fourth-order valence-corrected chi connectivity index (χ4v) is 6.89. The summed E-state index contributed by atoms with van der Waals surface area (Å²) in [5.41, 5.74) is 0. The van der Waals surface area contributed by atoms with E-state index in [2.05, 4.69) is 55.7 Å². The van der Waals surface area contributed by atoms with Crippen molar-refractivity contribution in [1.29, 1.82) is 0 Å². The fourth-order valence-electron chi connectivity index (χ4n) is 6.53. The molecule has 1 aliphatic heterocycles. The van der Waals surface area contributed by atoms with Gasteiger partial charge in [0.15, 0.2) is 6.10 Å². The molecule has 0 bridgehead atoms. The van der Waals surface area contributed by atoms with Crippen LogP contribution in [0.25, 0.3) is 0 Å². The zero-order chi connectivity index (χ0) is 40.2. The van der Waals surface area contributed by atoms with Gasteiger partial charge in [-0.05, 0) is 57.3 Å². The Labute approximate surface area is 336 Å². The maximum Gasteiger partial charge on any atom is 0.469 e. The van der Waals surface area contributed by atoms with E-state index < -0.39 is 32.5 Å². The van der Waals surface area contributed by atoms with Crippen molar-refractivity contribution in [3.05, 3.63) is 36.5 Å². The Morgan fingerprint density at radius 2 is 1.11 bits per heavy atom. The van der Waals surface area contributed by atoms with Crippen molar-refractivity contribution in [2.24, 2.45) is 5.92 Å². The minimum absolute atomic E-state index is 0.184. The number of esters is 2. The van der Waals surface area contributed by atoms with Crippen molar-refractivity contribution in [2.75, 3.05) is 13.2 Å². The fraction of sp³-hybridized carbons (Fsp3) is 0.822. The van der Waals surface area contributed by atoms with Gasteiger partial charge in [-0.15, -0.1) is 0 Å². The topological polar surface area (TPSA) is 132 Å². The molecule has 1 aliphatic rings. The van der Waals surface area contributed by atoms with Crippen LogP contribution in [0.1, 0.15) is 201 Å². The van der Waals surface area contributed by atoms with Gasteiger partial charge in [0.2, 0.25) is 0 Å². The van der Waals surface area contributed by atoms with Gasteiger partial charge in [-0.2, -0.15) is 0 Å². The van der Waals surface area contributed by atoms with E-state index in [1.807, 2.05) is 6.08 Å². The molecule has 0 aromatic rings. The summed E-state index contributed by atoms with van der Waals surface area (Å²) >= 11 is 0. The lowest BCUT2D eigenvalue weighted by Gasteiger charge is -2.18. The third kappa shape index (κ3) is 36.3. The first-order chi connectivity index (χ1) is 26.6. The van der Waals surface area contributed by atoms with Crippen molar-refractivity contribution in [1.82, 2.24) is 0 Å². The van der Waals surface area contributed by atoms with E-state index in [1.54, 1.807) is 0 Å². The van der Waals surface area contributed by atoms with E-state index in [4.69, 9.17) is 24.0 Å². The quantitative estimate of drug-likeness (QED) is 0.0205. The number of hydrogen-bond donors (Lipinski definition) is 2. The third-order valence-electron chi connectivity index (χ3n) is 9.99. The lowest BCUT2D eigenvalue weighted by atomic mass is 10.0. The van der Waals surface area contributed by atoms with Gasteiger partial charge in [0.1, 0.15) is 6.61 Å². The van der Waals surface area contributed by atoms with Crippen molar-refractivity contribution in [3.8, 4) is 0 Å². The highest BCUT2D eigenvalue weighted by molar-refractivity contribution is 7.46. The van der Waals surface area contributed by atoms with Crippen LogP contribution in [0.5, 0.6) is 0 Å². The average molecular weight is 797 g/mol. The zero-order valence-electron chi connectivity index (χ0n) is 35.2. The molecular weight excluding hydrogens is 715 g/mol. The molecule has 1 fully saturated rings. The summed E-state index contributed by atoms with van der Waals surface area (Å²) in [6.07, 6.45) is 43.3. The molecule has 0 aromatic carbocycles. The number of allylic oxidation sites excluding steroid dienone is 4. The molecule has 3 atom stereocenters. The molecule has 2 N–H and O–H groups in total. The van der Waals surface area contributed by atoms with E-state index in [-0.39, 0.29) is 31.7 Å². The van der Waals surface area contributed by atoms with E-state index in [0.717, 1.165) is 57.3 Å². The van der Waals surface area contributed by atoms with Gasteiger partial charge in [0.25, 0.3) is 0 Å². The Bertz CT molecular complexity index is 1070. The number of unbranched alkanes of at least 4 members (excludes halogenated alkanes) is 19. The number of carbonyl (C=O) groups is 2. The first-order valence-electron chi connectivity index (χ1n) is 22.3. The second-order valence-electron chi connectivity index (χ2n) is 15.9. The summed E-state index contributed by atoms with van der Waals surface area (Å²) in [6, 6.07) is 0. The van der Waals surface area contributed by atoms with Gasteiger partial charge in [0.05, 0.1) is 18.8 Å². The molecule has 0 aliphatic carbocycles. The Balaban J connectivity index is 2.07. The Hall–Kier alpha value is -1.77. The van der Waals surface area contributed by atoms with Crippen LogP contribution in [0.4, 0.5) is 0 Å². The maximum atomic E-state index is 12.4. The number of phosphoric acid groups is 1. The highest BCUT2D eigenvalue weighted by Gasteiger charge is 2.36. The maximum absolute atomic E-state index is 12.4. The molecule has 0 radical (unpaired) electrons. The molecule has 0 spiro atoms. The van der Waals surface area contributed by atoms with E-state index >= 15 is 0 Å². The molecule has 1 rings (SSSR count). The molecule has 0 saturated carbocycles. The zero-order valence-corrected chi connectivity index (χ0v) is 36.1. The second-order valence-corrected chi connectivity index (χ2v) is 17.1. The van der Waals surface area contributed by atoms with Crippen LogP contribution >= 0.6 is 7.82 Å². The van der Waals surface area contributed by atoms with E-state index in [1.165, 1.54) is 103 Å². The van der Waals surface area contributed by atoms with Crippen molar-refractivity contribution in [2.45, 2.75) is 219 Å². The van der Waals surface area contributed by atoms with Crippen LogP contribution < -0.4 is 0 Å². The minimum Gasteiger partial charge on any atom is -0.462 e. The van der Waals surface area contributed by atoms with Crippen LogP contribution in [0.2, 0.25) is 0 Å². The molecule has 10 heteroatoms. The van der Waals surface area contributed by atoms with E-state index in [0.29, 0.717) is 12.8 Å². The van der Waals surface area contributed by atoms with Crippen LogP contribution in [0, 0.1) is 5.92 Å². The van der Waals surface area contributed by atoms with E-state index in [9.17, 15) is 14.2 Å². The van der Waals surface area contributed by atoms with Gasteiger partial charge in [-0.1, -0.05) is 173 Å². The number of rotatable bonds is 39. The Morgan fingerprint density at radius 3 is 1.67 bits per heavy atom. The number of ether oxygens (including phenoxy) is 3. The first kappa shape index (κ1) is 51.2. The number of carbonyl (C=O) groups excluding carboxylic acids is 2. The second kappa shape index (κ2) is 35.4. The predicted molar refractivity (Wildman–Crippen MR) is 225 cm³/mol. The molecule has 2 unspecified atom stereocenters. The van der Waals surface area contributed by atoms with Crippen LogP contribution in [-0.2, 0) is 32.9 Å². The summed E-state index contributed by atoms with van der Waals surface area (Å²) in [6.45, 7) is 5.96. The predicted octanol–water partition coefficient (Wildman–Crippen LogP) is 12.6. The highest BCUT2D eigenvalue weighted by atomic mass is 31.2. The monoisotopic (exact) mass is 797 g/mol. The number of phosphoric ester groups is 1. The molecule has 55 heavy (non-hydrogen) atoms. The summed E-state index contributed by atoms with van der Waals surface area (Å²) in [5, 5.41) is 0. The Morgan fingerprint density at radius 1 is 0.618 bits per heavy atom. The number of hydrogen-bond acceptors (Lipinski definition) is 7. The van der Waals surface area contributed by atoms with Gasteiger partial charge in [0, 0.05) is 12.8 Å². The summed E-state index contributed by atoms with van der Waals surface area (Å²) < 4.78 is 32.2. The lowest BCUT2D eigenvalue weighted by Crippen LogP contribution is -2.29. The summed E-state index contributed by atoms with van der Waals surface area (Å²) in [4.78, 5) is 43.0. The SMILES string of the molecule is CCCCC/C=C\C/C=C\CC1OC1C/C=C\CCCC(=O)OC[C@H](COP(=O)(O)O)OC(=O)CCCCCCCCCCCCCCCCCCC(C)C. The largest absolute Gasteiger partial charge is 0.469 e. The van der Waals surface area contributed by atoms with Crippen LogP contribution in [0.3, 0.4) is 0 Å². The van der Waals surface area contributed by atoms with Crippen molar-refractivity contribution in [3.63, 3.8) is 0 Å². The molecule has 0 aromatic heterocycles. The normalized spacial score (nSPS) is 16.5. The van der Waals surface area contributed by atoms with Gasteiger partial charge >= 0.3 is 19.8 Å². The average Bonchev–Trinajstić information content (AvgIpc) is 3.90. The minimum atomic E-state index is -4.77. The standard InChI is InChI=1S/C45H81O9P/c1-4-5-6-7-8-17-21-24-29-34-42-43(54-42)35-30-26-27-31-36-44(46)51-38-41(39-52-55(48,49)50)53-45(47)37-32-25-22-19-16-14-12-10-9-11-13-15-18-20-23-28-33-40(2)3/h8,17,24,26,29-30,40-43H,4-7,9-16,18-23,25,27-28,31-39H2,1-3H3,(H2,48,49,50)/b17-8-,29-24-,30-26-/t41-,42?,43?/m1/s1. The molecule has 1 heterocycles. The first-order valence-corrected chi connectivity index (χ1v) is 23.8. The number of epoxide rings is 1. The Kier molecular flexibility index (Phi) is 33.0. The summed E-state index contributed by atoms with van der Waals surface area (Å²) in [5.74, 6) is -0.115. The third-order valence-corrected chi connectivity index (χ3v) is 10.5. The van der Waals surface area contributed by atoms with Crippen molar-refractivity contribution >= 4 is 19.8 Å². The van der Waals surface area contributed by atoms with Crippen molar-refractivity contribution < 1.29 is 42.7 Å². The molecule has 0 amide bonds. The molecule has 1 saturated heterocycles. The molecule has 9 nitrogen and oxygen atoms in total. The van der Waals surface area contributed by atoms with Gasteiger partial charge in [-0.3, -0.25) is 14.1 Å². The van der Waals surface area contributed by atoms with Crippen LogP contribution in [-0.4, -0.2) is 53.3 Å². The smallest absolute Gasteiger partial charge is 0.462 e. The van der Waals surface area contributed by atoms with Gasteiger partial charge < -0.3 is 24.0 Å². The molecular formula is C45H81O9P. The highest BCUT2D eigenvalue weighted by Crippen LogP contribution is 2.36. The van der Waals surface area contributed by atoms with Crippen LogP contribution in [0.15, 0.2) is 36.5 Å². The molecule has 320 valence electrons. The lowest BCUT2D eigenvalue weighted by molar-refractivity contribution is -0.161. The van der Waals surface area contributed by atoms with Gasteiger partial charge in [-0.25, -0.2) is 4.57 Å².